The zero-order chi connectivity index (χ0) is 20.8. The van der Waals surface area contributed by atoms with Crippen molar-refractivity contribution in [1.82, 2.24) is 14.4 Å². The van der Waals surface area contributed by atoms with Gasteiger partial charge < -0.3 is 14.2 Å². The number of rotatable bonds is 8. The molecule has 0 atom stereocenters. The van der Waals surface area contributed by atoms with Gasteiger partial charge in [0.2, 0.25) is 0 Å². The van der Waals surface area contributed by atoms with E-state index in [0.29, 0.717) is 24.2 Å². The number of hydrogen-bond acceptors (Lipinski definition) is 5. The molecular formula is C21H28N4O4. The van der Waals surface area contributed by atoms with E-state index < -0.39 is 4.92 Å². The summed E-state index contributed by atoms with van der Waals surface area (Å²) in [5, 5.41) is 11.3. The Hall–Kier alpha value is -2.71. The molecule has 1 aliphatic heterocycles. The lowest BCUT2D eigenvalue weighted by Crippen LogP contribution is -2.39. The molecule has 3 rings (SSSR count). The van der Waals surface area contributed by atoms with Crippen molar-refractivity contribution < 1.29 is 14.5 Å². The maximum atomic E-state index is 13.2. The summed E-state index contributed by atoms with van der Waals surface area (Å²) in [5.74, 6) is -0.184. The second-order valence-electron chi connectivity index (χ2n) is 7.40. The normalized spacial score (nSPS) is 14.7. The molecule has 0 spiro atoms. The van der Waals surface area contributed by atoms with Crippen molar-refractivity contribution in [3.63, 3.8) is 0 Å². The maximum absolute atomic E-state index is 13.2. The molecule has 8 heteroatoms. The van der Waals surface area contributed by atoms with Crippen molar-refractivity contribution in [3.8, 4) is 0 Å². The second-order valence-corrected chi connectivity index (χ2v) is 7.40. The van der Waals surface area contributed by atoms with Crippen LogP contribution in [0.25, 0.3) is 0 Å². The van der Waals surface area contributed by atoms with Crippen LogP contribution >= 0.6 is 0 Å². The molecule has 0 unspecified atom stereocenters. The van der Waals surface area contributed by atoms with Gasteiger partial charge in [-0.25, -0.2) is 0 Å². The van der Waals surface area contributed by atoms with Crippen LogP contribution in [0.15, 0.2) is 36.5 Å². The highest BCUT2D eigenvalue weighted by Crippen LogP contribution is 2.21. The van der Waals surface area contributed by atoms with Crippen LogP contribution in [0, 0.1) is 17.0 Å². The summed E-state index contributed by atoms with van der Waals surface area (Å²) in [6.45, 7) is 6.95. The van der Waals surface area contributed by atoms with Gasteiger partial charge in [-0.2, -0.15) is 0 Å². The fourth-order valence-corrected chi connectivity index (χ4v) is 3.54. The van der Waals surface area contributed by atoms with E-state index in [-0.39, 0.29) is 11.6 Å². The van der Waals surface area contributed by atoms with Crippen LogP contribution in [-0.4, -0.2) is 64.6 Å². The van der Waals surface area contributed by atoms with Crippen LogP contribution in [0.1, 0.15) is 28.0 Å². The first kappa shape index (κ1) is 21.0. The van der Waals surface area contributed by atoms with Gasteiger partial charge >= 0.3 is 0 Å². The Morgan fingerprint density at radius 1 is 1.28 bits per heavy atom. The standard InChI is InChI=1S/C21H28N4O4/c1-17-6-7-18(15-20(17)25(27)28)21(26)24(16-19-5-3-8-22(19)2)10-4-9-23-11-13-29-14-12-23/h3,5-8,15H,4,9-14,16H2,1-2H3. The third-order valence-electron chi connectivity index (χ3n) is 5.35. The van der Waals surface area contributed by atoms with Crippen molar-refractivity contribution in [2.45, 2.75) is 19.9 Å². The third kappa shape index (κ3) is 5.42. The number of benzene rings is 1. The molecule has 1 aliphatic rings. The van der Waals surface area contributed by atoms with E-state index in [9.17, 15) is 14.9 Å². The molecule has 0 radical (unpaired) electrons. The topological polar surface area (TPSA) is 80.8 Å². The summed E-state index contributed by atoms with van der Waals surface area (Å²) in [5.41, 5.74) is 1.89. The zero-order valence-corrected chi connectivity index (χ0v) is 17.0. The number of nitrogens with zero attached hydrogens (tertiary/aromatic N) is 4. The number of morpholine rings is 1. The lowest BCUT2D eigenvalue weighted by atomic mass is 10.1. The first-order valence-electron chi connectivity index (χ1n) is 9.90. The smallest absolute Gasteiger partial charge is 0.273 e. The van der Waals surface area contributed by atoms with E-state index in [1.807, 2.05) is 29.9 Å². The van der Waals surface area contributed by atoms with E-state index in [2.05, 4.69) is 4.90 Å². The average molecular weight is 400 g/mol. The summed E-state index contributed by atoms with van der Waals surface area (Å²) in [7, 11) is 1.95. The van der Waals surface area contributed by atoms with Gasteiger partial charge in [0.15, 0.2) is 0 Å². The van der Waals surface area contributed by atoms with Gasteiger partial charge in [0.1, 0.15) is 0 Å². The quantitative estimate of drug-likeness (QED) is 0.503. The number of ether oxygens (including phenoxy) is 1. The maximum Gasteiger partial charge on any atom is 0.273 e. The van der Waals surface area contributed by atoms with Crippen LogP contribution in [0.5, 0.6) is 0 Å². The first-order chi connectivity index (χ1) is 14.0. The minimum absolute atomic E-state index is 0.0250. The summed E-state index contributed by atoms with van der Waals surface area (Å²) in [6.07, 6.45) is 2.78. The molecule has 156 valence electrons. The minimum Gasteiger partial charge on any atom is -0.379 e. The first-order valence-corrected chi connectivity index (χ1v) is 9.90. The van der Waals surface area contributed by atoms with E-state index >= 15 is 0 Å². The Bertz CT molecular complexity index is 858. The van der Waals surface area contributed by atoms with Crippen LogP contribution in [0.4, 0.5) is 5.69 Å². The fourth-order valence-electron chi connectivity index (χ4n) is 3.54. The Morgan fingerprint density at radius 2 is 2.03 bits per heavy atom. The van der Waals surface area contributed by atoms with Crippen molar-refractivity contribution in [3.05, 3.63) is 63.5 Å². The van der Waals surface area contributed by atoms with Crippen molar-refractivity contribution in [2.24, 2.45) is 7.05 Å². The summed E-state index contributed by atoms with van der Waals surface area (Å²) < 4.78 is 7.37. The molecular weight excluding hydrogens is 372 g/mol. The molecule has 1 saturated heterocycles. The highest BCUT2D eigenvalue weighted by Gasteiger charge is 2.21. The van der Waals surface area contributed by atoms with Gasteiger partial charge in [-0.05, 0) is 31.5 Å². The van der Waals surface area contributed by atoms with E-state index in [0.717, 1.165) is 45.0 Å². The predicted molar refractivity (Wildman–Crippen MR) is 110 cm³/mol. The summed E-state index contributed by atoms with van der Waals surface area (Å²) in [6, 6.07) is 8.63. The van der Waals surface area contributed by atoms with Gasteiger partial charge in [0.05, 0.1) is 24.7 Å². The van der Waals surface area contributed by atoms with Crippen molar-refractivity contribution in [2.75, 3.05) is 39.4 Å². The number of amides is 1. The van der Waals surface area contributed by atoms with E-state index in [4.69, 9.17) is 4.74 Å². The number of aryl methyl sites for hydroxylation is 2. The van der Waals surface area contributed by atoms with Crippen molar-refractivity contribution in [1.29, 1.82) is 0 Å². The largest absolute Gasteiger partial charge is 0.379 e. The molecule has 1 aromatic heterocycles. The SMILES string of the molecule is Cc1ccc(C(=O)N(CCCN2CCOCC2)Cc2cccn2C)cc1[N+](=O)[O-]. The molecule has 0 N–H and O–H groups in total. The molecule has 0 aliphatic carbocycles. The number of hydrogen-bond donors (Lipinski definition) is 0. The molecule has 1 amide bonds. The predicted octanol–water partition coefficient (Wildman–Crippen LogP) is 2.61. The lowest BCUT2D eigenvalue weighted by molar-refractivity contribution is -0.385. The van der Waals surface area contributed by atoms with Crippen LogP contribution in [0.2, 0.25) is 0 Å². The Balaban J connectivity index is 1.74. The Kier molecular flexibility index (Phi) is 7.00. The number of carbonyl (C=O) groups excluding carboxylic acids is 1. The van der Waals surface area contributed by atoms with Gasteiger partial charge in [0, 0.05) is 62.3 Å². The number of carbonyl (C=O) groups is 1. The Morgan fingerprint density at radius 3 is 2.69 bits per heavy atom. The molecule has 0 saturated carbocycles. The molecule has 2 heterocycles. The lowest BCUT2D eigenvalue weighted by Gasteiger charge is -2.28. The highest BCUT2D eigenvalue weighted by molar-refractivity contribution is 5.95. The number of nitro benzene ring substituents is 1. The van der Waals surface area contributed by atoms with E-state index in [1.165, 1.54) is 6.07 Å². The van der Waals surface area contributed by atoms with Crippen LogP contribution in [0.3, 0.4) is 0 Å². The molecule has 1 fully saturated rings. The van der Waals surface area contributed by atoms with Crippen LogP contribution < -0.4 is 0 Å². The molecule has 2 aromatic rings. The molecule has 29 heavy (non-hydrogen) atoms. The van der Waals surface area contributed by atoms with Gasteiger partial charge in [-0.15, -0.1) is 0 Å². The molecule has 1 aromatic carbocycles. The Labute approximate surface area is 170 Å². The monoisotopic (exact) mass is 400 g/mol. The van der Waals surface area contributed by atoms with Gasteiger partial charge in [0.25, 0.3) is 11.6 Å². The average Bonchev–Trinajstić information content (AvgIpc) is 3.12. The van der Waals surface area contributed by atoms with Gasteiger partial charge in [-0.3, -0.25) is 19.8 Å². The van der Waals surface area contributed by atoms with Crippen LogP contribution in [-0.2, 0) is 18.3 Å². The van der Waals surface area contributed by atoms with Gasteiger partial charge in [-0.1, -0.05) is 6.07 Å². The third-order valence-corrected chi connectivity index (χ3v) is 5.35. The molecule has 8 nitrogen and oxygen atoms in total. The minimum atomic E-state index is -0.438. The van der Waals surface area contributed by atoms with E-state index in [1.54, 1.807) is 24.0 Å². The second kappa shape index (κ2) is 9.67. The molecule has 0 bridgehead atoms. The summed E-state index contributed by atoms with van der Waals surface area (Å²) in [4.78, 5) is 28.2. The summed E-state index contributed by atoms with van der Waals surface area (Å²) >= 11 is 0. The zero-order valence-electron chi connectivity index (χ0n) is 17.0. The fraction of sp³-hybridized carbons (Fsp3) is 0.476. The number of aromatic nitrogens is 1. The highest BCUT2D eigenvalue weighted by atomic mass is 16.6. The number of nitro groups is 1. The van der Waals surface area contributed by atoms with Crippen molar-refractivity contribution >= 4 is 11.6 Å².